The van der Waals surface area contributed by atoms with Gasteiger partial charge in [-0.15, -0.1) is 0 Å². The number of ether oxygens (including phenoxy) is 1. The molecule has 1 aromatic heterocycles. The second-order valence-electron chi connectivity index (χ2n) is 8.35. The Morgan fingerprint density at radius 2 is 1.89 bits per heavy atom. The summed E-state index contributed by atoms with van der Waals surface area (Å²) in [4.78, 5) is 17.2. The Bertz CT molecular complexity index is 1370. The molecular weight excluding hydrogens is 526 g/mol. The Balaban J connectivity index is 1.35. The average molecular weight is 552 g/mol. The quantitative estimate of drug-likeness (QED) is 0.245. The second kappa shape index (κ2) is 11.0. The van der Waals surface area contributed by atoms with E-state index in [0.29, 0.717) is 40.6 Å². The van der Waals surface area contributed by atoms with Crippen LogP contribution in [-0.2, 0) is 6.42 Å². The summed E-state index contributed by atoms with van der Waals surface area (Å²) in [6.45, 7) is 6.77. The number of oxazole rings is 1. The number of aromatic nitrogens is 1. The van der Waals surface area contributed by atoms with Gasteiger partial charge in [0.1, 0.15) is 11.3 Å². The number of nitrogens with one attached hydrogen (secondary N) is 2. The Hall–Kier alpha value is -3.23. The number of fused-ring (bicyclic) bond motifs is 1. The Morgan fingerprint density at radius 3 is 2.57 bits per heavy atom. The zero-order valence-electron chi connectivity index (χ0n) is 19.7. The highest BCUT2D eigenvalue weighted by Gasteiger charge is 2.12. The standard InChI is InChI=1S/C27H26BrN3O3S/c1-4-33-23-11-8-19(14-21(23)28)26(32)31-27(35)29-20-9-5-17(6-10-20)13-25-30-22-15-18(16(2)3)7-12-24(22)34-25/h5-12,14-16H,4,13H2,1-3H3,(H2,29,31,32,35). The molecule has 0 aliphatic rings. The van der Waals surface area contributed by atoms with Crippen LogP contribution in [0.15, 0.2) is 69.6 Å². The smallest absolute Gasteiger partial charge is 0.257 e. The molecule has 0 aliphatic carbocycles. The minimum absolute atomic E-state index is 0.215. The van der Waals surface area contributed by atoms with E-state index in [2.05, 4.69) is 57.5 Å². The van der Waals surface area contributed by atoms with E-state index in [1.807, 2.05) is 37.3 Å². The number of hydrogen-bond donors (Lipinski definition) is 2. The van der Waals surface area contributed by atoms with Gasteiger partial charge in [-0.3, -0.25) is 10.1 Å². The van der Waals surface area contributed by atoms with Crippen LogP contribution >= 0.6 is 28.1 Å². The predicted molar refractivity (Wildman–Crippen MR) is 146 cm³/mol. The normalized spacial score (nSPS) is 11.0. The van der Waals surface area contributed by atoms with Gasteiger partial charge in [-0.1, -0.05) is 32.0 Å². The monoisotopic (exact) mass is 551 g/mol. The largest absolute Gasteiger partial charge is 0.493 e. The fraction of sp³-hybridized carbons (Fsp3) is 0.222. The number of nitrogens with zero attached hydrogens (tertiary/aromatic N) is 1. The van der Waals surface area contributed by atoms with E-state index in [9.17, 15) is 4.79 Å². The molecule has 0 saturated heterocycles. The number of benzene rings is 3. The van der Waals surface area contributed by atoms with E-state index in [-0.39, 0.29) is 11.0 Å². The van der Waals surface area contributed by atoms with Crippen molar-refractivity contribution in [1.82, 2.24) is 10.3 Å². The van der Waals surface area contributed by atoms with Gasteiger partial charge in [-0.05, 0) is 94.6 Å². The molecule has 4 aromatic rings. The van der Waals surface area contributed by atoms with Crippen LogP contribution in [0.3, 0.4) is 0 Å². The summed E-state index contributed by atoms with van der Waals surface area (Å²) in [6, 6.07) is 19.1. The van der Waals surface area contributed by atoms with Gasteiger partial charge in [0.2, 0.25) is 0 Å². The number of halogens is 1. The number of amides is 1. The topological polar surface area (TPSA) is 76.4 Å². The van der Waals surface area contributed by atoms with Crippen molar-refractivity contribution in [2.24, 2.45) is 0 Å². The lowest BCUT2D eigenvalue weighted by Gasteiger charge is -2.11. The summed E-state index contributed by atoms with van der Waals surface area (Å²) in [5.41, 5.74) is 5.21. The third kappa shape index (κ3) is 6.26. The molecule has 0 spiro atoms. The van der Waals surface area contributed by atoms with Gasteiger partial charge >= 0.3 is 0 Å². The van der Waals surface area contributed by atoms with Crippen molar-refractivity contribution >= 4 is 56.0 Å². The van der Waals surface area contributed by atoms with E-state index >= 15 is 0 Å². The van der Waals surface area contributed by atoms with Crippen molar-refractivity contribution in [1.29, 1.82) is 0 Å². The summed E-state index contributed by atoms with van der Waals surface area (Å²) in [7, 11) is 0. The van der Waals surface area contributed by atoms with Gasteiger partial charge < -0.3 is 14.5 Å². The molecule has 6 nitrogen and oxygen atoms in total. The molecule has 0 saturated carbocycles. The summed E-state index contributed by atoms with van der Waals surface area (Å²) < 4.78 is 12.1. The molecule has 0 radical (unpaired) electrons. The molecule has 1 amide bonds. The van der Waals surface area contributed by atoms with E-state index in [0.717, 1.165) is 22.4 Å². The number of carbonyl (C=O) groups excluding carboxylic acids is 1. The molecule has 0 aliphatic heterocycles. The molecule has 0 unspecified atom stereocenters. The highest BCUT2D eigenvalue weighted by Crippen LogP contribution is 2.26. The van der Waals surface area contributed by atoms with Crippen molar-refractivity contribution < 1.29 is 13.9 Å². The van der Waals surface area contributed by atoms with Crippen molar-refractivity contribution in [2.75, 3.05) is 11.9 Å². The van der Waals surface area contributed by atoms with Crippen LogP contribution in [-0.4, -0.2) is 22.6 Å². The van der Waals surface area contributed by atoms with E-state index < -0.39 is 0 Å². The second-order valence-corrected chi connectivity index (χ2v) is 9.61. The summed E-state index contributed by atoms with van der Waals surface area (Å²) in [5, 5.41) is 5.96. The van der Waals surface area contributed by atoms with Crippen molar-refractivity contribution in [3.63, 3.8) is 0 Å². The van der Waals surface area contributed by atoms with E-state index in [1.165, 1.54) is 5.56 Å². The molecule has 35 heavy (non-hydrogen) atoms. The lowest BCUT2D eigenvalue weighted by molar-refractivity contribution is 0.0977. The predicted octanol–water partition coefficient (Wildman–Crippen LogP) is 6.83. The fourth-order valence-electron chi connectivity index (χ4n) is 3.56. The molecule has 0 fully saturated rings. The number of rotatable bonds is 7. The maximum absolute atomic E-state index is 12.5. The third-order valence-electron chi connectivity index (χ3n) is 5.41. The van der Waals surface area contributed by atoms with Crippen molar-refractivity contribution in [3.05, 3.63) is 87.7 Å². The summed E-state index contributed by atoms with van der Waals surface area (Å²) in [6.07, 6.45) is 0.583. The van der Waals surface area contributed by atoms with Crippen LogP contribution in [0, 0.1) is 0 Å². The van der Waals surface area contributed by atoms with Crippen LogP contribution in [0.5, 0.6) is 5.75 Å². The van der Waals surface area contributed by atoms with Gasteiger partial charge in [-0.25, -0.2) is 4.98 Å². The van der Waals surface area contributed by atoms with Crippen LogP contribution in [0.4, 0.5) is 5.69 Å². The Morgan fingerprint density at radius 1 is 1.11 bits per heavy atom. The number of thiocarbonyl (C=S) groups is 1. The summed E-state index contributed by atoms with van der Waals surface area (Å²) in [5.74, 6) is 1.49. The molecule has 0 atom stereocenters. The molecule has 3 aromatic carbocycles. The minimum atomic E-state index is -0.306. The van der Waals surface area contributed by atoms with E-state index in [1.54, 1.807) is 18.2 Å². The zero-order valence-corrected chi connectivity index (χ0v) is 22.1. The van der Waals surface area contributed by atoms with Gasteiger partial charge in [0.05, 0.1) is 11.1 Å². The highest BCUT2D eigenvalue weighted by molar-refractivity contribution is 9.10. The minimum Gasteiger partial charge on any atom is -0.493 e. The molecule has 180 valence electrons. The highest BCUT2D eigenvalue weighted by atomic mass is 79.9. The van der Waals surface area contributed by atoms with Crippen molar-refractivity contribution in [3.8, 4) is 5.75 Å². The first kappa shape index (κ1) is 24.9. The lowest BCUT2D eigenvalue weighted by atomic mass is 10.0. The molecule has 4 rings (SSSR count). The fourth-order valence-corrected chi connectivity index (χ4v) is 4.26. The van der Waals surface area contributed by atoms with Crippen LogP contribution in [0.25, 0.3) is 11.1 Å². The SMILES string of the molecule is CCOc1ccc(C(=O)NC(=S)Nc2ccc(Cc3nc4cc(C(C)C)ccc4o3)cc2)cc1Br. The number of carbonyl (C=O) groups is 1. The Labute approximate surface area is 218 Å². The lowest BCUT2D eigenvalue weighted by Crippen LogP contribution is -2.34. The molecule has 1 heterocycles. The first-order chi connectivity index (χ1) is 16.8. The maximum atomic E-state index is 12.5. The summed E-state index contributed by atoms with van der Waals surface area (Å²) >= 11 is 8.73. The van der Waals surface area contributed by atoms with Crippen LogP contribution < -0.4 is 15.4 Å². The van der Waals surface area contributed by atoms with Gasteiger partial charge in [-0.2, -0.15) is 0 Å². The van der Waals surface area contributed by atoms with Crippen molar-refractivity contribution in [2.45, 2.75) is 33.1 Å². The maximum Gasteiger partial charge on any atom is 0.257 e. The van der Waals surface area contributed by atoms with Crippen LogP contribution in [0.1, 0.15) is 54.1 Å². The van der Waals surface area contributed by atoms with E-state index in [4.69, 9.17) is 21.4 Å². The van der Waals surface area contributed by atoms with Gasteiger partial charge in [0.15, 0.2) is 16.6 Å². The third-order valence-corrected chi connectivity index (χ3v) is 6.23. The van der Waals surface area contributed by atoms with Gasteiger partial charge in [0.25, 0.3) is 5.91 Å². The molecular formula is C27H26BrN3O3S. The molecule has 2 N–H and O–H groups in total. The average Bonchev–Trinajstić information content (AvgIpc) is 3.23. The Kier molecular flexibility index (Phi) is 7.83. The molecule has 0 bridgehead atoms. The number of anilines is 1. The first-order valence-corrected chi connectivity index (χ1v) is 12.6. The number of hydrogen-bond acceptors (Lipinski definition) is 5. The first-order valence-electron chi connectivity index (χ1n) is 11.4. The molecule has 8 heteroatoms. The van der Waals surface area contributed by atoms with Gasteiger partial charge in [0, 0.05) is 17.7 Å². The van der Waals surface area contributed by atoms with Crippen LogP contribution in [0.2, 0.25) is 0 Å². The zero-order chi connectivity index (χ0) is 24.9.